The minimum absolute atomic E-state index is 0.133. The van der Waals surface area contributed by atoms with Gasteiger partial charge in [-0.3, -0.25) is 0 Å². The van der Waals surface area contributed by atoms with Crippen molar-refractivity contribution in [1.82, 2.24) is 0 Å². The minimum atomic E-state index is -0.402. The summed E-state index contributed by atoms with van der Waals surface area (Å²) in [7, 11) is 2.92. The summed E-state index contributed by atoms with van der Waals surface area (Å²) in [5.74, 6) is 0.163. The summed E-state index contributed by atoms with van der Waals surface area (Å²) in [5.41, 5.74) is 6.72. The van der Waals surface area contributed by atoms with Crippen molar-refractivity contribution in [3.8, 4) is 11.5 Å². The molecule has 1 aliphatic carbocycles. The van der Waals surface area contributed by atoms with Crippen molar-refractivity contribution in [2.45, 2.75) is 24.8 Å². The second-order valence-electron chi connectivity index (χ2n) is 4.35. The van der Waals surface area contributed by atoms with Gasteiger partial charge in [-0.25, -0.2) is 4.39 Å². The van der Waals surface area contributed by atoms with Gasteiger partial charge in [0.2, 0.25) is 0 Å². The minimum Gasteiger partial charge on any atom is -0.493 e. The predicted octanol–water partition coefficient (Wildman–Crippen LogP) is 1.88. The molecule has 0 bridgehead atoms. The number of benzene rings is 1. The van der Waals surface area contributed by atoms with E-state index in [4.69, 9.17) is 15.2 Å². The van der Waals surface area contributed by atoms with Gasteiger partial charge in [0, 0.05) is 5.54 Å². The molecule has 3 nitrogen and oxygen atoms in total. The van der Waals surface area contributed by atoms with Crippen LogP contribution in [-0.4, -0.2) is 19.8 Å². The molecule has 0 atom stereocenters. The lowest BCUT2D eigenvalue weighted by Crippen LogP contribution is -2.24. The third-order valence-corrected chi connectivity index (χ3v) is 2.94. The van der Waals surface area contributed by atoms with Gasteiger partial charge in [-0.05, 0) is 37.0 Å². The maximum Gasteiger partial charge on any atom is 0.196 e. The molecule has 0 radical (unpaired) electrons. The summed E-state index contributed by atoms with van der Waals surface area (Å²) in [4.78, 5) is 0. The van der Waals surface area contributed by atoms with E-state index >= 15 is 0 Å². The van der Waals surface area contributed by atoms with Gasteiger partial charge < -0.3 is 15.2 Å². The van der Waals surface area contributed by atoms with Gasteiger partial charge >= 0.3 is 0 Å². The summed E-state index contributed by atoms with van der Waals surface area (Å²) in [6.45, 7) is 0. The number of ether oxygens (including phenoxy) is 2. The Morgan fingerprint density at radius 3 is 2.50 bits per heavy atom. The maximum absolute atomic E-state index is 13.6. The van der Waals surface area contributed by atoms with E-state index in [2.05, 4.69) is 0 Å². The van der Waals surface area contributed by atoms with E-state index in [0.717, 1.165) is 18.4 Å². The lowest BCUT2D eigenvalue weighted by atomic mass is 10.0. The number of rotatable bonds is 4. The third-order valence-electron chi connectivity index (χ3n) is 2.94. The highest BCUT2D eigenvalue weighted by molar-refractivity contribution is 5.44. The molecule has 0 spiro atoms. The molecule has 0 unspecified atom stereocenters. The lowest BCUT2D eigenvalue weighted by Gasteiger charge is -2.13. The molecule has 2 N–H and O–H groups in total. The molecule has 1 saturated carbocycles. The van der Waals surface area contributed by atoms with Crippen molar-refractivity contribution < 1.29 is 13.9 Å². The summed E-state index contributed by atoms with van der Waals surface area (Å²) >= 11 is 0. The van der Waals surface area contributed by atoms with Crippen LogP contribution in [0, 0.1) is 5.82 Å². The first-order valence-electron chi connectivity index (χ1n) is 5.27. The molecule has 0 amide bonds. The van der Waals surface area contributed by atoms with Gasteiger partial charge in [-0.1, -0.05) is 0 Å². The quantitative estimate of drug-likeness (QED) is 0.850. The van der Waals surface area contributed by atoms with E-state index in [-0.39, 0.29) is 11.3 Å². The molecule has 1 aliphatic rings. The molecule has 0 aliphatic heterocycles. The van der Waals surface area contributed by atoms with E-state index in [9.17, 15) is 4.39 Å². The van der Waals surface area contributed by atoms with Crippen LogP contribution in [0.25, 0.3) is 0 Å². The highest BCUT2D eigenvalue weighted by atomic mass is 19.1. The van der Waals surface area contributed by atoms with Crippen molar-refractivity contribution >= 4 is 0 Å². The van der Waals surface area contributed by atoms with Crippen LogP contribution in [0.4, 0.5) is 4.39 Å². The van der Waals surface area contributed by atoms with Crippen LogP contribution in [0.3, 0.4) is 0 Å². The summed E-state index contributed by atoms with van der Waals surface area (Å²) in [6.07, 6.45) is 2.69. The highest BCUT2D eigenvalue weighted by Gasteiger charge is 2.38. The first-order chi connectivity index (χ1) is 7.58. The van der Waals surface area contributed by atoms with Gasteiger partial charge in [-0.15, -0.1) is 0 Å². The van der Waals surface area contributed by atoms with E-state index in [1.54, 1.807) is 6.07 Å². The van der Waals surface area contributed by atoms with Crippen LogP contribution in [0.5, 0.6) is 11.5 Å². The Bertz CT molecular complexity index is 402. The molecule has 4 heteroatoms. The van der Waals surface area contributed by atoms with Gasteiger partial charge in [-0.2, -0.15) is 0 Å². The molecular formula is C12H16FNO2. The fraction of sp³-hybridized carbons (Fsp3) is 0.500. The van der Waals surface area contributed by atoms with Crippen molar-refractivity contribution in [2.75, 3.05) is 14.2 Å². The van der Waals surface area contributed by atoms with Crippen molar-refractivity contribution in [3.63, 3.8) is 0 Å². The van der Waals surface area contributed by atoms with Crippen LogP contribution >= 0.6 is 0 Å². The molecular weight excluding hydrogens is 209 g/mol. The van der Waals surface area contributed by atoms with E-state index in [1.807, 2.05) is 0 Å². The SMILES string of the molecule is COc1cc(CC2(N)CC2)cc(F)c1OC. The Balaban J connectivity index is 2.30. The Kier molecular flexibility index (Phi) is 2.76. The zero-order valence-corrected chi connectivity index (χ0v) is 9.55. The van der Waals surface area contributed by atoms with Crippen molar-refractivity contribution in [1.29, 1.82) is 0 Å². The summed E-state index contributed by atoms with van der Waals surface area (Å²) in [5, 5.41) is 0. The summed E-state index contributed by atoms with van der Waals surface area (Å²) < 4.78 is 23.7. The average molecular weight is 225 g/mol. The lowest BCUT2D eigenvalue weighted by molar-refractivity contribution is 0.336. The van der Waals surface area contributed by atoms with Crippen LogP contribution in [-0.2, 0) is 6.42 Å². The summed E-state index contributed by atoms with van der Waals surface area (Å²) in [6, 6.07) is 3.25. The molecule has 0 heterocycles. The second kappa shape index (κ2) is 3.94. The van der Waals surface area contributed by atoms with E-state index < -0.39 is 5.82 Å². The number of nitrogens with two attached hydrogens (primary N) is 1. The van der Waals surface area contributed by atoms with Crippen LogP contribution in [0.1, 0.15) is 18.4 Å². The van der Waals surface area contributed by atoms with Gasteiger partial charge in [0.25, 0.3) is 0 Å². The smallest absolute Gasteiger partial charge is 0.196 e. The third kappa shape index (κ3) is 2.11. The monoisotopic (exact) mass is 225 g/mol. The zero-order valence-electron chi connectivity index (χ0n) is 9.55. The molecule has 88 valence electrons. The van der Waals surface area contributed by atoms with Gasteiger partial charge in [0.1, 0.15) is 0 Å². The highest BCUT2D eigenvalue weighted by Crippen LogP contribution is 2.38. The Labute approximate surface area is 94.3 Å². The topological polar surface area (TPSA) is 44.5 Å². The van der Waals surface area contributed by atoms with E-state index in [1.165, 1.54) is 20.3 Å². The number of hydrogen-bond acceptors (Lipinski definition) is 3. The average Bonchev–Trinajstić information content (AvgIpc) is 2.95. The van der Waals surface area contributed by atoms with Gasteiger partial charge in [0.15, 0.2) is 17.3 Å². The molecule has 0 aromatic heterocycles. The fourth-order valence-electron chi connectivity index (χ4n) is 1.82. The second-order valence-corrected chi connectivity index (χ2v) is 4.35. The van der Waals surface area contributed by atoms with Gasteiger partial charge in [0.05, 0.1) is 14.2 Å². The van der Waals surface area contributed by atoms with Crippen molar-refractivity contribution in [3.05, 3.63) is 23.5 Å². The van der Waals surface area contributed by atoms with Crippen LogP contribution in [0.2, 0.25) is 0 Å². The van der Waals surface area contributed by atoms with Crippen LogP contribution < -0.4 is 15.2 Å². The van der Waals surface area contributed by atoms with E-state index in [0.29, 0.717) is 12.2 Å². The number of methoxy groups -OCH3 is 2. The number of hydrogen-bond donors (Lipinski definition) is 1. The molecule has 2 rings (SSSR count). The standard InChI is InChI=1S/C12H16FNO2/c1-15-10-6-8(7-12(14)3-4-12)5-9(13)11(10)16-2/h5-6H,3-4,7,14H2,1-2H3. The Hall–Kier alpha value is -1.29. The Morgan fingerprint density at radius 2 is 2.00 bits per heavy atom. The Morgan fingerprint density at radius 1 is 1.31 bits per heavy atom. The molecule has 1 fully saturated rings. The zero-order chi connectivity index (χ0) is 11.8. The normalized spacial score (nSPS) is 17.0. The first-order valence-corrected chi connectivity index (χ1v) is 5.27. The molecule has 0 saturated heterocycles. The maximum atomic E-state index is 13.6. The predicted molar refractivity (Wildman–Crippen MR) is 59.4 cm³/mol. The fourth-order valence-corrected chi connectivity index (χ4v) is 1.82. The molecule has 1 aromatic rings. The van der Waals surface area contributed by atoms with Crippen molar-refractivity contribution in [2.24, 2.45) is 5.73 Å². The first kappa shape index (κ1) is 11.2. The number of halogens is 1. The van der Waals surface area contributed by atoms with Crippen LogP contribution in [0.15, 0.2) is 12.1 Å². The molecule has 16 heavy (non-hydrogen) atoms. The largest absolute Gasteiger partial charge is 0.493 e. The molecule has 1 aromatic carbocycles.